The first kappa shape index (κ1) is 17.4. The molecule has 0 amide bonds. The van der Waals surface area contributed by atoms with Crippen LogP contribution in [0.15, 0.2) is 4.99 Å². The van der Waals surface area contributed by atoms with Crippen LogP contribution in [0.25, 0.3) is 0 Å². The van der Waals surface area contributed by atoms with Crippen molar-refractivity contribution in [1.82, 2.24) is 10.6 Å². The minimum atomic E-state index is 0. The molecule has 0 aromatic rings. The fraction of sp³-hybridized carbons (Fsp3) is 0.917. The van der Waals surface area contributed by atoms with Gasteiger partial charge in [-0.1, -0.05) is 12.8 Å². The molecule has 0 bridgehead atoms. The predicted octanol–water partition coefficient (Wildman–Crippen LogP) is 2.86. The van der Waals surface area contributed by atoms with E-state index in [9.17, 15) is 0 Å². The van der Waals surface area contributed by atoms with Gasteiger partial charge >= 0.3 is 0 Å². The van der Waals surface area contributed by atoms with Crippen LogP contribution in [0.1, 0.15) is 38.5 Å². The molecule has 0 aliphatic heterocycles. The second-order valence-electron chi connectivity index (χ2n) is 4.32. The van der Waals surface area contributed by atoms with Crippen molar-refractivity contribution in [2.24, 2.45) is 4.99 Å². The molecule has 1 saturated carbocycles. The minimum Gasteiger partial charge on any atom is -0.356 e. The largest absolute Gasteiger partial charge is 0.356 e. The number of unbranched alkanes of at least 4 members (excludes halogenated alkanes) is 1. The molecule has 2 N–H and O–H groups in total. The highest BCUT2D eigenvalue weighted by molar-refractivity contribution is 14.0. The Hall–Kier alpha value is 0.350. The topological polar surface area (TPSA) is 36.4 Å². The van der Waals surface area contributed by atoms with Gasteiger partial charge in [0.25, 0.3) is 0 Å². The molecule has 0 spiro atoms. The van der Waals surface area contributed by atoms with Gasteiger partial charge in [-0.3, -0.25) is 4.99 Å². The van der Waals surface area contributed by atoms with Crippen LogP contribution in [0.4, 0.5) is 0 Å². The van der Waals surface area contributed by atoms with E-state index in [1.165, 1.54) is 44.3 Å². The highest BCUT2D eigenvalue weighted by atomic mass is 127. The number of halogens is 1. The normalized spacial score (nSPS) is 16.7. The maximum atomic E-state index is 4.26. The number of guanidine groups is 1. The van der Waals surface area contributed by atoms with Crippen molar-refractivity contribution >= 4 is 41.7 Å². The Labute approximate surface area is 127 Å². The Morgan fingerprint density at radius 2 is 2.00 bits per heavy atom. The van der Waals surface area contributed by atoms with Crippen LogP contribution in [-0.2, 0) is 0 Å². The number of nitrogens with one attached hydrogen (secondary N) is 2. The molecule has 1 aliphatic carbocycles. The van der Waals surface area contributed by atoms with Gasteiger partial charge in [-0.2, -0.15) is 11.8 Å². The molecule has 5 heteroatoms. The van der Waals surface area contributed by atoms with E-state index in [0.717, 1.165) is 12.5 Å². The second kappa shape index (κ2) is 11.4. The summed E-state index contributed by atoms with van der Waals surface area (Å²) in [5.74, 6) is 2.24. The number of aliphatic imine (C=N–C) groups is 1. The molecule has 17 heavy (non-hydrogen) atoms. The molecule has 0 aromatic carbocycles. The number of hydrogen-bond acceptors (Lipinski definition) is 2. The van der Waals surface area contributed by atoms with Crippen molar-refractivity contribution < 1.29 is 0 Å². The first-order chi connectivity index (χ1) is 7.86. The van der Waals surface area contributed by atoms with E-state index in [-0.39, 0.29) is 24.0 Å². The first-order valence-electron chi connectivity index (χ1n) is 6.33. The van der Waals surface area contributed by atoms with Gasteiger partial charge in [-0.25, -0.2) is 0 Å². The number of hydrogen-bond donors (Lipinski definition) is 2. The van der Waals surface area contributed by atoms with Crippen LogP contribution in [0.2, 0.25) is 0 Å². The van der Waals surface area contributed by atoms with Crippen molar-refractivity contribution in [3.8, 4) is 0 Å². The summed E-state index contributed by atoms with van der Waals surface area (Å²) in [5.41, 5.74) is 0. The lowest BCUT2D eigenvalue weighted by molar-refractivity contribution is 0.610. The number of nitrogens with zero attached hydrogens (tertiary/aromatic N) is 1. The summed E-state index contributed by atoms with van der Waals surface area (Å²) >= 11 is 1.92. The zero-order valence-electron chi connectivity index (χ0n) is 11.0. The van der Waals surface area contributed by atoms with Crippen molar-refractivity contribution in [3.05, 3.63) is 0 Å². The Bertz CT molecular complexity index is 206. The third-order valence-corrected chi connectivity index (χ3v) is 3.68. The zero-order chi connectivity index (χ0) is 11.6. The van der Waals surface area contributed by atoms with Gasteiger partial charge in [0.15, 0.2) is 5.96 Å². The number of rotatable bonds is 6. The number of thioether (sulfide) groups is 1. The van der Waals surface area contributed by atoms with Crippen molar-refractivity contribution in [1.29, 1.82) is 0 Å². The van der Waals surface area contributed by atoms with Crippen LogP contribution in [0, 0.1) is 0 Å². The van der Waals surface area contributed by atoms with E-state index >= 15 is 0 Å². The van der Waals surface area contributed by atoms with Crippen LogP contribution in [0.5, 0.6) is 0 Å². The maximum Gasteiger partial charge on any atom is 0.191 e. The van der Waals surface area contributed by atoms with Crippen molar-refractivity contribution in [2.45, 2.75) is 44.6 Å². The molecular formula is C12H26IN3S. The van der Waals surface area contributed by atoms with Gasteiger partial charge in [0.05, 0.1) is 0 Å². The SMILES string of the molecule is CN=C(NCCCCSC)NC1CCCC1.I. The Balaban J connectivity index is 0.00000256. The van der Waals surface area contributed by atoms with E-state index in [1.807, 2.05) is 18.8 Å². The predicted molar refractivity (Wildman–Crippen MR) is 89.8 cm³/mol. The fourth-order valence-corrected chi connectivity index (χ4v) is 2.53. The average Bonchev–Trinajstić information content (AvgIpc) is 2.80. The van der Waals surface area contributed by atoms with E-state index in [0.29, 0.717) is 6.04 Å². The molecular weight excluding hydrogens is 345 g/mol. The summed E-state index contributed by atoms with van der Waals surface area (Å²) in [6, 6.07) is 0.650. The highest BCUT2D eigenvalue weighted by Gasteiger charge is 2.15. The molecule has 0 heterocycles. The van der Waals surface area contributed by atoms with E-state index in [4.69, 9.17) is 0 Å². The molecule has 102 valence electrons. The van der Waals surface area contributed by atoms with Gasteiger partial charge in [0.1, 0.15) is 0 Å². The summed E-state index contributed by atoms with van der Waals surface area (Å²) in [5, 5.41) is 6.88. The Kier molecular flexibility index (Phi) is 11.7. The molecule has 3 nitrogen and oxygen atoms in total. The minimum absolute atomic E-state index is 0. The van der Waals surface area contributed by atoms with E-state index in [1.54, 1.807) is 0 Å². The third kappa shape index (κ3) is 8.13. The zero-order valence-corrected chi connectivity index (χ0v) is 14.1. The van der Waals surface area contributed by atoms with Gasteiger partial charge in [-0.05, 0) is 37.7 Å². The average molecular weight is 371 g/mol. The monoisotopic (exact) mass is 371 g/mol. The van der Waals surface area contributed by atoms with Crippen LogP contribution < -0.4 is 10.6 Å². The standard InChI is InChI=1S/C12H25N3S.HI/c1-13-12(14-9-5-6-10-16-2)15-11-7-3-4-8-11;/h11H,3-10H2,1-2H3,(H2,13,14,15);1H. The van der Waals surface area contributed by atoms with E-state index < -0.39 is 0 Å². The van der Waals surface area contributed by atoms with Crippen molar-refractivity contribution in [3.63, 3.8) is 0 Å². The lowest BCUT2D eigenvalue weighted by Gasteiger charge is -2.16. The smallest absolute Gasteiger partial charge is 0.191 e. The Morgan fingerprint density at radius 3 is 2.59 bits per heavy atom. The summed E-state index contributed by atoms with van der Waals surface area (Å²) in [7, 11) is 1.85. The van der Waals surface area contributed by atoms with E-state index in [2.05, 4.69) is 21.9 Å². The van der Waals surface area contributed by atoms with Crippen molar-refractivity contribution in [2.75, 3.05) is 25.6 Å². The fourth-order valence-electron chi connectivity index (χ4n) is 2.04. The van der Waals surface area contributed by atoms with Crippen LogP contribution in [0.3, 0.4) is 0 Å². The van der Waals surface area contributed by atoms with Gasteiger partial charge in [0.2, 0.25) is 0 Å². The molecule has 0 aromatic heterocycles. The lowest BCUT2D eigenvalue weighted by atomic mass is 10.2. The third-order valence-electron chi connectivity index (χ3n) is 2.99. The summed E-state index contributed by atoms with van der Waals surface area (Å²) < 4.78 is 0. The lowest BCUT2D eigenvalue weighted by Crippen LogP contribution is -2.42. The van der Waals surface area contributed by atoms with Crippen LogP contribution >= 0.6 is 35.7 Å². The molecule has 0 saturated heterocycles. The molecule has 0 radical (unpaired) electrons. The van der Waals surface area contributed by atoms with Gasteiger partial charge in [-0.15, -0.1) is 24.0 Å². The first-order valence-corrected chi connectivity index (χ1v) is 7.72. The molecule has 1 aliphatic rings. The summed E-state index contributed by atoms with van der Waals surface area (Å²) in [4.78, 5) is 4.26. The van der Waals surface area contributed by atoms with Gasteiger partial charge < -0.3 is 10.6 Å². The summed E-state index contributed by atoms with van der Waals surface area (Å²) in [6.45, 7) is 1.03. The van der Waals surface area contributed by atoms with Gasteiger partial charge in [0, 0.05) is 19.6 Å². The highest BCUT2D eigenvalue weighted by Crippen LogP contribution is 2.17. The second-order valence-corrected chi connectivity index (χ2v) is 5.31. The summed E-state index contributed by atoms with van der Waals surface area (Å²) in [6.07, 6.45) is 10.00. The molecule has 1 fully saturated rings. The molecule has 0 atom stereocenters. The van der Waals surface area contributed by atoms with Crippen LogP contribution in [-0.4, -0.2) is 37.6 Å². The maximum absolute atomic E-state index is 4.26. The molecule has 1 rings (SSSR count). The molecule has 0 unspecified atom stereocenters. The quantitative estimate of drug-likeness (QED) is 0.326. The Morgan fingerprint density at radius 1 is 1.29 bits per heavy atom.